The first kappa shape index (κ1) is 27.9. The maximum absolute atomic E-state index is 10.7. The van der Waals surface area contributed by atoms with E-state index in [0.717, 1.165) is 49.7 Å². The number of hydrogen-bond acceptors (Lipinski definition) is 4. The van der Waals surface area contributed by atoms with Gasteiger partial charge in [-0.15, -0.1) is 0 Å². The summed E-state index contributed by atoms with van der Waals surface area (Å²) in [5.74, 6) is -0.216. The largest absolute Gasteiger partial charge is 0.491 e. The van der Waals surface area contributed by atoms with E-state index < -0.39 is 17.7 Å². The molecule has 3 rings (SSSR count). The Bertz CT molecular complexity index is 1060. The number of carbonyl (C=O) groups is 1. The Balaban J connectivity index is 1.81. The highest BCUT2D eigenvalue weighted by molar-refractivity contribution is 5.66. The van der Waals surface area contributed by atoms with Crippen molar-refractivity contribution in [3.8, 4) is 5.75 Å². The average molecular weight is 495 g/mol. The van der Waals surface area contributed by atoms with Crippen LogP contribution in [-0.4, -0.2) is 39.6 Å². The fourth-order valence-electron chi connectivity index (χ4n) is 5.46. The lowest BCUT2D eigenvalue weighted by molar-refractivity contribution is -0.137. The fraction of sp³-hybridized carbons (Fsp3) is 0.516. The predicted octanol–water partition coefficient (Wildman–Crippen LogP) is 6.33. The van der Waals surface area contributed by atoms with Crippen molar-refractivity contribution in [3.05, 3.63) is 70.3 Å². The number of carboxylic acids is 1. The van der Waals surface area contributed by atoms with E-state index in [1.807, 2.05) is 19.1 Å². The van der Waals surface area contributed by atoms with Gasteiger partial charge in [-0.2, -0.15) is 0 Å². The summed E-state index contributed by atoms with van der Waals surface area (Å²) < 4.78 is 5.81. The minimum absolute atomic E-state index is 0.0729. The molecule has 1 aliphatic carbocycles. The lowest BCUT2D eigenvalue weighted by atomic mass is 9.70. The molecule has 0 spiro atoms. The molecule has 2 aromatic rings. The molecule has 0 aliphatic heterocycles. The molecule has 196 valence electrons. The molecule has 3 N–H and O–H groups in total. The summed E-state index contributed by atoms with van der Waals surface area (Å²) in [7, 11) is 0. The van der Waals surface area contributed by atoms with Gasteiger partial charge < -0.3 is 20.1 Å². The molecule has 0 saturated heterocycles. The van der Waals surface area contributed by atoms with Crippen LogP contribution in [0.5, 0.6) is 5.75 Å². The third kappa shape index (κ3) is 6.57. The Morgan fingerprint density at radius 1 is 1.06 bits per heavy atom. The van der Waals surface area contributed by atoms with Crippen LogP contribution >= 0.6 is 0 Å². The van der Waals surface area contributed by atoms with E-state index >= 15 is 0 Å². The first-order chi connectivity index (χ1) is 17.1. The zero-order valence-electron chi connectivity index (χ0n) is 22.2. The molecule has 1 saturated carbocycles. The third-order valence-electron chi connectivity index (χ3n) is 7.92. The maximum atomic E-state index is 10.7. The zero-order valence-corrected chi connectivity index (χ0v) is 22.2. The van der Waals surface area contributed by atoms with E-state index in [2.05, 4.69) is 57.2 Å². The van der Waals surface area contributed by atoms with Gasteiger partial charge in [0, 0.05) is 11.8 Å². The molecular weight excluding hydrogens is 452 g/mol. The van der Waals surface area contributed by atoms with Gasteiger partial charge in [-0.1, -0.05) is 69.2 Å². The summed E-state index contributed by atoms with van der Waals surface area (Å²) >= 11 is 0. The minimum atomic E-state index is -0.921. The van der Waals surface area contributed by atoms with Gasteiger partial charge in [0.1, 0.15) is 12.4 Å². The molecule has 0 unspecified atom stereocenters. The van der Waals surface area contributed by atoms with Crippen molar-refractivity contribution >= 4 is 12.0 Å². The van der Waals surface area contributed by atoms with Gasteiger partial charge >= 0.3 is 5.97 Å². The Hall–Kier alpha value is -2.63. The third-order valence-corrected chi connectivity index (χ3v) is 7.92. The van der Waals surface area contributed by atoms with Gasteiger partial charge in [-0.3, -0.25) is 4.79 Å². The van der Waals surface area contributed by atoms with Crippen LogP contribution in [0.15, 0.2) is 42.5 Å². The Morgan fingerprint density at radius 2 is 1.67 bits per heavy atom. The molecule has 0 amide bonds. The lowest BCUT2D eigenvalue weighted by Crippen LogP contribution is -2.26. The highest BCUT2D eigenvalue weighted by atomic mass is 16.5. The summed E-state index contributed by atoms with van der Waals surface area (Å²) in [6.07, 6.45) is 9.10. The molecular formula is C31H42O5. The molecule has 1 fully saturated rings. The lowest BCUT2D eigenvalue weighted by Gasteiger charge is -2.34. The van der Waals surface area contributed by atoms with Crippen LogP contribution in [0.1, 0.15) is 93.0 Å². The van der Waals surface area contributed by atoms with Crippen LogP contribution in [0, 0.1) is 13.8 Å². The smallest absolute Gasteiger partial charge is 0.303 e. The van der Waals surface area contributed by atoms with Crippen molar-refractivity contribution < 1.29 is 24.9 Å². The predicted molar refractivity (Wildman–Crippen MR) is 145 cm³/mol. The number of carboxylic acid groups (broad SMARTS) is 1. The number of aliphatic hydroxyl groups is 2. The van der Waals surface area contributed by atoms with Gasteiger partial charge in [0.05, 0.1) is 11.7 Å². The van der Waals surface area contributed by atoms with Gasteiger partial charge in [0.15, 0.2) is 0 Å². The van der Waals surface area contributed by atoms with E-state index in [9.17, 15) is 15.0 Å². The van der Waals surface area contributed by atoms with Crippen molar-refractivity contribution in [2.24, 2.45) is 0 Å². The minimum Gasteiger partial charge on any atom is -0.491 e. The molecule has 2 aromatic carbocycles. The quantitative estimate of drug-likeness (QED) is 0.321. The SMILES string of the molecule is CCC(CC)(c1ccc(C=CC2(O)CCCC2)c(C)c1)c1ccc(OC[C@H](O)CCC(=O)O)c(C)c1. The van der Waals surface area contributed by atoms with Crippen LogP contribution in [0.2, 0.25) is 0 Å². The monoisotopic (exact) mass is 494 g/mol. The number of benzene rings is 2. The normalized spacial score (nSPS) is 16.4. The van der Waals surface area contributed by atoms with Crippen LogP contribution in [0.4, 0.5) is 0 Å². The van der Waals surface area contributed by atoms with Crippen LogP contribution in [0.3, 0.4) is 0 Å². The van der Waals surface area contributed by atoms with Crippen LogP contribution in [0.25, 0.3) is 6.08 Å². The first-order valence-electron chi connectivity index (χ1n) is 13.3. The Labute approximate surface area is 215 Å². The molecule has 1 atom stereocenters. The summed E-state index contributed by atoms with van der Waals surface area (Å²) in [6, 6.07) is 12.9. The van der Waals surface area contributed by atoms with E-state index in [-0.39, 0.29) is 24.9 Å². The number of ether oxygens (including phenoxy) is 1. The maximum Gasteiger partial charge on any atom is 0.303 e. The highest BCUT2D eigenvalue weighted by Crippen LogP contribution is 2.41. The van der Waals surface area contributed by atoms with Crippen molar-refractivity contribution in [1.82, 2.24) is 0 Å². The van der Waals surface area contributed by atoms with Crippen molar-refractivity contribution in [2.75, 3.05) is 6.61 Å². The second-order valence-corrected chi connectivity index (χ2v) is 10.4. The van der Waals surface area contributed by atoms with Crippen LogP contribution in [-0.2, 0) is 10.2 Å². The number of hydrogen-bond donors (Lipinski definition) is 3. The molecule has 0 bridgehead atoms. The summed E-state index contributed by atoms with van der Waals surface area (Å²) in [5, 5.41) is 29.5. The second kappa shape index (κ2) is 12.1. The summed E-state index contributed by atoms with van der Waals surface area (Å²) in [4.78, 5) is 10.7. The van der Waals surface area contributed by atoms with Gasteiger partial charge in [0.2, 0.25) is 0 Å². The fourth-order valence-corrected chi connectivity index (χ4v) is 5.46. The molecule has 0 aromatic heterocycles. The zero-order chi connectivity index (χ0) is 26.3. The molecule has 5 nitrogen and oxygen atoms in total. The number of aliphatic hydroxyl groups excluding tert-OH is 1. The van der Waals surface area contributed by atoms with Crippen molar-refractivity contribution in [1.29, 1.82) is 0 Å². The molecule has 36 heavy (non-hydrogen) atoms. The van der Waals surface area contributed by atoms with E-state index in [1.54, 1.807) is 0 Å². The van der Waals surface area contributed by atoms with E-state index in [1.165, 1.54) is 16.7 Å². The highest BCUT2D eigenvalue weighted by Gasteiger charge is 2.32. The molecule has 1 aliphatic rings. The van der Waals surface area contributed by atoms with Crippen molar-refractivity contribution in [2.45, 2.75) is 96.2 Å². The number of aliphatic carboxylic acids is 1. The van der Waals surface area contributed by atoms with E-state index in [0.29, 0.717) is 5.75 Å². The van der Waals surface area contributed by atoms with Gasteiger partial charge in [-0.25, -0.2) is 0 Å². The van der Waals surface area contributed by atoms with Crippen LogP contribution < -0.4 is 4.74 Å². The van der Waals surface area contributed by atoms with Gasteiger partial charge in [0.25, 0.3) is 0 Å². The Morgan fingerprint density at radius 3 is 2.22 bits per heavy atom. The summed E-state index contributed by atoms with van der Waals surface area (Å²) in [5.41, 5.74) is 5.04. The molecule has 0 radical (unpaired) electrons. The molecule has 0 heterocycles. The van der Waals surface area contributed by atoms with E-state index in [4.69, 9.17) is 9.84 Å². The first-order valence-corrected chi connectivity index (χ1v) is 13.3. The van der Waals surface area contributed by atoms with Crippen molar-refractivity contribution in [3.63, 3.8) is 0 Å². The summed E-state index contributed by atoms with van der Waals surface area (Å²) in [6.45, 7) is 8.66. The number of rotatable bonds is 12. The standard InChI is InChI=1S/C31H42O5/c1-5-31(6-2,25-10-9-24(22(3)19-25)15-18-30(35)16-7-8-17-30)26-11-13-28(23(4)20-26)36-21-27(32)12-14-29(33)34/h9-11,13,15,18-20,27,32,35H,5-8,12,14,16-17,21H2,1-4H3,(H,33,34)/t27-/m1/s1. The second-order valence-electron chi connectivity index (χ2n) is 10.4. The topological polar surface area (TPSA) is 87.0 Å². The number of aryl methyl sites for hydroxylation is 2. The average Bonchev–Trinajstić information content (AvgIpc) is 3.29. The molecule has 5 heteroatoms. The van der Waals surface area contributed by atoms with Gasteiger partial charge in [-0.05, 0) is 79.8 Å². The Kier molecular flexibility index (Phi) is 9.37.